The van der Waals surface area contributed by atoms with Crippen molar-refractivity contribution in [3.63, 3.8) is 0 Å². The van der Waals surface area contributed by atoms with Gasteiger partial charge < -0.3 is 5.11 Å². The van der Waals surface area contributed by atoms with E-state index in [1.54, 1.807) is 6.07 Å². The van der Waals surface area contributed by atoms with Crippen LogP contribution in [0.5, 0.6) is 0 Å². The molecule has 2 aromatic rings. The van der Waals surface area contributed by atoms with Gasteiger partial charge in [-0.2, -0.15) is 39.5 Å². The molecule has 0 amide bonds. The topological polar surface area (TPSA) is 40.5 Å². The third-order valence-electron chi connectivity index (χ3n) is 5.09. The Morgan fingerprint density at radius 3 is 1.91 bits per heavy atom. The zero-order chi connectivity index (χ0) is 25.7. The molecule has 0 bridgehead atoms. The molecule has 34 heavy (non-hydrogen) atoms. The van der Waals surface area contributed by atoms with Crippen LogP contribution >= 0.6 is 0 Å². The Morgan fingerprint density at radius 2 is 1.44 bits per heavy atom. The average Bonchev–Trinajstić information content (AvgIpc) is 2.73. The van der Waals surface area contributed by atoms with Gasteiger partial charge in [-0.3, -0.25) is 9.69 Å². The number of alkyl halides is 9. The first kappa shape index (κ1) is 27.5. The first-order valence-electron chi connectivity index (χ1n) is 9.93. The molecule has 3 rings (SSSR count). The van der Waals surface area contributed by atoms with Gasteiger partial charge in [-0.05, 0) is 43.1 Å². The van der Waals surface area contributed by atoms with E-state index in [0.717, 1.165) is 12.1 Å². The van der Waals surface area contributed by atoms with Crippen molar-refractivity contribution in [1.29, 1.82) is 0 Å². The molecule has 3 nitrogen and oxygen atoms in total. The van der Waals surface area contributed by atoms with Crippen LogP contribution in [0.25, 0.3) is 0 Å². The number of nitrogens with zero attached hydrogens (tertiary/aromatic N) is 1. The highest BCUT2D eigenvalue weighted by Crippen LogP contribution is 2.37. The second-order valence-corrected chi connectivity index (χ2v) is 7.64. The number of halogens is 9. The van der Waals surface area contributed by atoms with Crippen molar-refractivity contribution in [3.8, 4) is 0 Å². The lowest BCUT2D eigenvalue weighted by molar-refractivity contribution is -0.144. The first-order chi connectivity index (χ1) is 15.6. The van der Waals surface area contributed by atoms with Crippen molar-refractivity contribution < 1.29 is 49.4 Å². The molecular weight excluding hydrogens is 481 g/mol. The highest BCUT2D eigenvalue weighted by Gasteiger charge is 2.37. The van der Waals surface area contributed by atoms with E-state index < -0.39 is 52.7 Å². The molecule has 0 aromatic heterocycles. The summed E-state index contributed by atoms with van der Waals surface area (Å²) >= 11 is 0. The molecule has 0 spiro atoms. The molecular formula is C22H20F9NO2. The van der Waals surface area contributed by atoms with Gasteiger partial charge in [-0.25, -0.2) is 0 Å². The number of hydrogen-bond donors (Lipinski definition) is 1. The molecule has 1 fully saturated rings. The van der Waals surface area contributed by atoms with E-state index in [4.69, 9.17) is 5.11 Å². The molecule has 1 unspecified atom stereocenters. The Kier molecular flexibility index (Phi) is 8.62. The SMILES string of the molecule is FC(F)(F)c1ccccc1.O=C(O)C1CCCN(Cc2cc(C(F)(F)F)ccc2C(F)(F)F)C1. The Balaban J connectivity index is 0.000000340. The molecule has 1 aliphatic rings. The molecule has 2 aromatic carbocycles. The molecule has 0 saturated carbocycles. The second kappa shape index (κ2) is 10.7. The van der Waals surface area contributed by atoms with E-state index >= 15 is 0 Å². The molecule has 12 heteroatoms. The van der Waals surface area contributed by atoms with Crippen LogP contribution in [0.2, 0.25) is 0 Å². The minimum Gasteiger partial charge on any atom is -0.481 e. The van der Waals surface area contributed by atoms with Crippen molar-refractivity contribution in [2.24, 2.45) is 5.92 Å². The third-order valence-corrected chi connectivity index (χ3v) is 5.09. The maximum atomic E-state index is 13.0. The fourth-order valence-corrected chi connectivity index (χ4v) is 3.45. The standard InChI is InChI=1S/C15H15F6NO2.C7H5F3/c16-14(17,18)11-3-4-12(15(19,20)21)10(6-11)8-22-5-1-2-9(7-22)13(23)24;8-7(9,10)6-4-2-1-3-5-6/h3-4,6,9H,1-2,5,7-8H2,(H,23,24);1-5H. The van der Waals surface area contributed by atoms with Gasteiger partial charge in [-0.15, -0.1) is 0 Å². The van der Waals surface area contributed by atoms with Gasteiger partial charge in [0.2, 0.25) is 0 Å². The number of hydrogen-bond acceptors (Lipinski definition) is 2. The van der Waals surface area contributed by atoms with Crippen LogP contribution in [-0.2, 0) is 29.9 Å². The summed E-state index contributed by atoms with van der Waals surface area (Å²) < 4.78 is 113. The normalized spacial score (nSPS) is 17.6. The summed E-state index contributed by atoms with van der Waals surface area (Å²) in [6, 6.07) is 7.69. The largest absolute Gasteiger partial charge is 0.481 e. The van der Waals surface area contributed by atoms with E-state index in [-0.39, 0.29) is 13.1 Å². The van der Waals surface area contributed by atoms with Crippen molar-refractivity contribution >= 4 is 5.97 Å². The number of likely N-dealkylation sites (tertiary alicyclic amines) is 1. The van der Waals surface area contributed by atoms with E-state index in [1.807, 2.05) is 0 Å². The molecule has 1 saturated heterocycles. The summed E-state index contributed by atoms with van der Waals surface area (Å²) in [6.07, 6.45) is -12.9. The zero-order valence-electron chi connectivity index (χ0n) is 17.4. The lowest BCUT2D eigenvalue weighted by Crippen LogP contribution is -2.38. The highest BCUT2D eigenvalue weighted by molar-refractivity contribution is 5.70. The van der Waals surface area contributed by atoms with Crippen LogP contribution in [0.15, 0.2) is 48.5 Å². The number of carbonyl (C=O) groups is 1. The van der Waals surface area contributed by atoms with Crippen molar-refractivity contribution in [2.45, 2.75) is 37.9 Å². The van der Waals surface area contributed by atoms with Crippen molar-refractivity contribution in [2.75, 3.05) is 13.1 Å². The summed E-state index contributed by atoms with van der Waals surface area (Å²) in [5.41, 5.74) is -3.39. The number of aliphatic carboxylic acids is 1. The second-order valence-electron chi connectivity index (χ2n) is 7.64. The number of carboxylic acids is 1. The average molecular weight is 501 g/mol. The summed E-state index contributed by atoms with van der Waals surface area (Å²) in [6.45, 7) is -0.0112. The number of rotatable bonds is 3. The van der Waals surface area contributed by atoms with Crippen LogP contribution in [0.1, 0.15) is 35.1 Å². The summed E-state index contributed by atoms with van der Waals surface area (Å²) in [5.74, 6) is -1.78. The fraction of sp³-hybridized carbons (Fsp3) is 0.409. The van der Waals surface area contributed by atoms with E-state index in [1.165, 1.54) is 17.0 Å². The Hall–Kier alpha value is -2.76. The zero-order valence-corrected chi connectivity index (χ0v) is 17.4. The number of benzene rings is 2. The smallest absolute Gasteiger partial charge is 0.416 e. The van der Waals surface area contributed by atoms with Crippen LogP contribution in [0.4, 0.5) is 39.5 Å². The lowest BCUT2D eigenvalue weighted by Gasteiger charge is -2.31. The maximum Gasteiger partial charge on any atom is 0.416 e. The Morgan fingerprint density at radius 1 is 0.853 bits per heavy atom. The third kappa shape index (κ3) is 7.93. The van der Waals surface area contributed by atoms with Crippen LogP contribution in [0, 0.1) is 5.92 Å². The van der Waals surface area contributed by atoms with Crippen LogP contribution in [-0.4, -0.2) is 29.1 Å². The van der Waals surface area contributed by atoms with Crippen LogP contribution < -0.4 is 0 Å². The molecule has 1 aliphatic heterocycles. The van der Waals surface area contributed by atoms with Gasteiger partial charge in [0.1, 0.15) is 0 Å². The van der Waals surface area contributed by atoms with Gasteiger partial charge in [-0.1, -0.05) is 30.3 Å². The number of piperidine rings is 1. The molecule has 1 atom stereocenters. The molecule has 0 radical (unpaired) electrons. The predicted octanol–water partition coefficient (Wildman–Crippen LogP) is 6.73. The van der Waals surface area contributed by atoms with Crippen LogP contribution in [0.3, 0.4) is 0 Å². The first-order valence-corrected chi connectivity index (χ1v) is 9.93. The Bertz CT molecular complexity index is 954. The summed E-state index contributed by atoms with van der Waals surface area (Å²) in [5, 5.41) is 9.00. The lowest BCUT2D eigenvalue weighted by atomic mass is 9.96. The number of carboxylic acid groups (broad SMARTS) is 1. The minimum atomic E-state index is -4.78. The summed E-state index contributed by atoms with van der Waals surface area (Å²) in [4.78, 5) is 12.5. The summed E-state index contributed by atoms with van der Waals surface area (Å²) in [7, 11) is 0. The van der Waals surface area contributed by atoms with Gasteiger partial charge in [0.25, 0.3) is 0 Å². The monoisotopic (exact) mass is 501 g/mol. The predicted molar refractivity (Wildman–Crippen MR) is 104 cm³/mol. The Labute approximate surface area is 188 Å². The van der Waals surface area contributed by atoms with E-state index in [9.17, 15) is 44.3 Å². The maximum absolute atomic E-state index is 13.0. The fourth-order valence-electron chi connectivity index (χ4n) is 3.45. The minimum absolute atomic E-state index is 0.0167. The van der Waals surface area contributed by atoms with Crippen molar-refractivity contribution in [3.05, 3.63) is 70.8 Å². The van der Waals surface area contributed by atoms with E-state index in [2.05, 4.69) is 0 Å². The van der Waals surface area contributed by atoms with Crippen molar-refractivity contribution in [1.82, 2.24) is 4.90 Å². The molecule has 188 valence electrons. The van der Waals surface area contributed by atoms with Gasteiger partial charge in [0.05, 0.1) is 22.6 Å². The van der Waals surface area contributed by atoms with Gasteiger partial charge in [0.15, 0.2) is 0 Å². The highest BCUT2D eigenvalue weighted by atomic mass is 19.4. The quantitative estimate of drug-likeness (QED) is 0.475. The molecule has 1 heterocycles. The van der Waals surface area contributed by atoms with E-state index in [0.29, 0.717) is 37.6 Å². The molecule has 1 N–H and O–H groups in total. The van der Waals surface area contributed by atoms with Gasteiger partial charge in [0, 0.05) is 13.1 Å². The van der Waals surface area contributed by atoms with Gasteiger partial charge >= 0.3 is 24.5 Å². The molecule has 0 aliphatic carbocycles.